The molecule has 0 aromatic heterocycles. The average molecular weight is 287 g/mol. The summed E-state index contributed by atoms with van der Waals surface area (Å²) in [5, 5.41) is 3.32. The molecule has 4 heteroatoms. The summed E-state index contributed by atoms with van der Waals surface area (Å²) in [5.74, 6) is -0.0608. The summed E-state index contributed by atoms with van der Waals surface area (Å²) in [5.41, 5.74) is 0.616. The number of hydrogen-bond donors (Lipinski definition) is 1. The molecule has 1 aromatic carbocycles. The van der Waals surface area contributed by atoms with Gasteiger partial charge in [-0.2, -0.15) is 0 Å². The maximum absolute atomic E-state index is 11.2. The van der Waals surface area contributed by atoms with Crippen molar-refractivity contribution in [2.75, 3.05) is 4.56 Å². The quantitative estimate of drug-likeness (QED) is 0.814. The third-order valence-electron chi connectivity index (χ3n) is 1.34. The first-order chi connectivity index (χ1) is 5.74. The standard InChI is InChI=1S/C8H7ClNO.Sn/c1-10-8(11)6-3-2-4-7(9)5-6;/h2-5H,1H2,(H,10,11);. The minimum atomic E-state index is -0.0608. The van der Waals surface area contributed by atoms with Gasteiger partial charge in [0.25, 0.3) is 0 Å². The van der Waals surface area contributed by atoms with E-state index in [2.05, 4.69) is 5.32 Å². The Hall–Kier alpha value is -0.221. The molecular formula is C8H7ClNOSn. The first kappa shape index (κ1) is 9.86. The van der Waals surface area contributed by atoms with Gasteiger partial charge in [-0.05, 0) is 0 Å². The molecule has 61 valence electrons. The van der Waals surface area contributed by atoms with Gasteiger partial charge in [0.2, 0.25) is 0 Å². The van der Waals surface area contributed by atoms with E-state index in [1.807, 2.05) is 0 Å². The monoisotopic (exact) mass is 288 g/mol. The van der Waals surface area contributed by atoms with E-state index < -0.39 is 0 Å². The Labute approximate surface area is 89.4 Å². The van der Waals surface area contributed by atoms with Crippen LogP contribution >= 0.6 is 11.6 Å². The van der Waals surface area contributed by atoms with E-state index in [9.17, 15) is 4.79 Å². The normalized spacial score (nSPS) is 9.50. The Kier molecular flexibility index (Phi) is 3.88. The molecule has 3 radical (unpaired) electrons. The number of carbonyl (C=O) groups is 1. The molecule has 12 heavy (non-hydrogen) atoms. The van der Waals surface area contributed by atoms with Crippen LogP contribution in [0.1, 0.15) is 10.4 Å². The number of rotatable bonds is 2. The van der Waals surface area contributed by atoms with Gasteiger partial charge in [0.15, 0.2) is 0 Å². The fourth-order valence-electron chi connectivity index (χ4n) is 0.812. The van der Waals surface area contributed by atoms with Crippen molar-refractivity contribution in [3.8, 4) is 0 Å². The molecule has 1 N–H and O–H groups in total. The van der Waals surface area contributed by atoms with Gasteiger partial charge >= 0.3 is 89.6 Å². The fourth-order valence-corrected chi connectivity index (χ4v) is 1.46. The van der Waals surface area contributed by atoms with Crippen molar-refractivity contribution >= 4 is 40.0 Å². The van der Waals surface area contributed by atoms with Crippen molar-refractivity contribution in [3.05, 3.63) is 34.9 Å². The number of halogens is 1. The van der Waals surface area contributed by atoms with Crippen molar-refractivity contribution in [2.24, 2.45) is 0 Å². The number of hydrogen-bond acceptors (Lipinski definition) is 1. The molecule has 0 aliphatic rings. The topological polar surface area (TPSA) is 29.1 Å². The zero-order valence-corrected chi connectivity index (χ0v) is 9.91. The summed E-state index contributed by atoms with van der Waals surface area (Å²) in [7, 11) is 0. The summed E-state index contributed by atoms with van der Waals surface area (Å²) in [4.78, 5) is 11.2. The van der Waals surface area contributed by atoms with Crippen molar-refractivity contribution < 1.29 is 4.79 Å². The molecule has 0 unspecified atom stereocenters. The minimum absolute atomic E-state index is 0.0608. The molecule has 0 saturated heterocycles. The predicted octanol–water partition coefficient (Wildman–Crippen LogP) is 1.20. The SMILES string of the molecule is O=C(N[CH2][Sn])c1cccc(Cl)c1. The summed E-state index contributed by atoms with van der Waals surface area (Å²) in [6.45, 7) is 0. The Morgan fingerprint density at radius 2 is 2.33 bits per heavy atom. The van der Waals surface area contributed by atoms with Crippen LogP contribution in [0.25, 0.3) is 0 Å². The van der Waals surface area contributed by atoms with Crippen molar-refractivity contribution in [1.29, 1.82) is 0 Å². The van der Waals surface area contributed by atoms with Crippen molar-refractivity contribution in [2.45, 2.75) is 0 Å². The second kappa shape index (κ2) is 4.72. The van der Waals surface area contributed by atoms with Gasteiger partial charge in [-0.25, -0.2) is 0 Å². The van der Waals surface area contributed by atoms with E-state index >= 15 is 0 Å². The molecule has 0 saturated carbocycles. The molecule has 1 amide bonds. The van der Waals surface area contributed by atoms with E-state index in [1.165, 1.54) is 22.5 Å². The van der Waals surface area contributed by atoms with Gasteiger partial charge < -0.3 is 0 Å². The van der Waals surface area contributed by atoms with E-state index in [0.717, 1.165) is 4.56 Å². The molecule has 0 heterocycles. The molecule has 0 spiro atoms. The van der Waals surface area contributed by atoms with Gasteiger partial charge in [-0.3, -0.25) is 0 Å². The Bertz CT molecular complexity index is 290. The Balaban J connectivity index is 2.81. The maximum atomic E-state index is 11.2. The summed E-state index contributed by atoms with van der Waals surface area (Å²) in [6.07, 6.45) is 0. The molecule has 2 nitrogen and oxygen atoms in total. The van der Waals surface area contributed by atoms with E-state index in [0.29, 0.717) is 10.6 Å². The Morgan fingerprint density at radius 1 is 1.58 bits per heavy atom. The molecule has 0 bridgehead atoms. The molecular weight excluding hydrogens is 280 g/mol. The van der Waals surface area contributed by atoms with Gasteiger partial charge in [-0.15, -0.1) is 0 Å². The zero-order valence-electron chi connectivity index (χ0n) is 6.30. The number of benzene rings is 1. The van der Waals surface area contributed by atoms with Crippen LogP contribution in [0, 0.1) is 0 Å². The second-order valence-corrected chi connectivity index (χ2v) is 3.64. The van der Waals surface area contributed by atoms with Crippen LogP contribution in [-0.4, -0.2) is 33.0 Å². The first-order valence-electron chi connectivity index (χ1n) is 3.42. The number of carbonyl (C=O) groups excluding carboxylic acids is 1. The van der Waals surface area contributed by atoms with Gasteiger partial charge in [-0.1, -0.05) is 0 Å². The van der Waals surface area contributed by atoms with E-state index in [4.69, 9.17) is 11.6 Å². The fraction of sp³-hybridized carbons (Fsp3) is 0.125. The van der Waals surface area contributed by atoms with Crippen LogP contribution in [0.4, 0.5) is 0 Å². The van der Waals surface area contributed by atoms with Crippen LogP contribution in [-0.2, 0) is 0 Å². The third-order valence-corrected chi connectivity index (χ3v) is 2.08. The third kappa shape index (κ3) is 2.68. The zero-order chi connectivity index (χ0) is 8.97. The van der Waals surface area contributed by atoms with E-state index in [-0.39, 0.29) is 5.91 Å². The first-order valence-corrected chi connectivity index (χ1v) is 5.82. The van der Waals surface area contributed by atoms with Crippen LogP contribution in [0.5, 0.6) is 0 Å². The predicted molar refractivity (Wildman–Crippen MR) is 49.5 cm³/mol. The molecule has 0 atom stereocenters. The summed E-state index contributed by atoms with van der Waals surface area (Å²) >= 11 is 7.00. The van der Waals surface area contributed by atoms with Crippen LogP contribution in [0.3, 0.4) is 0 Å². The summed E-state index contributed by atoms with van der Waals surface area (Å²) in [6, 6.07) is 6.91. The Morgan fingerprint density at radius 3 is 2.92 bits per heavy atom. The van der Waals surface area contributed by atoms with Gasteiger partial charge in [0.05, 0.1) is 0 Å². The molecule has 0 fully saturated rings. The molecule has 1 aromatic rings. The summed E-state index contributed by atoms with van der Waals surface area (Å²) < 4.78 is 0.720. The van der Waals surface area contributed by atoms with E-state index in [1.54, 1.807) is 24.3 Å². The average Bonchev–Trinajstić information content (AvgIpc) is 2.05. The molecule has 0 aliphatic heterocycles. The number of amides is 1. The van der Waals surface area contributed by atoms with Gasteiger partial charge in [0.1, 0.15) is 0 Å². The van der Waals surface area contributed by atoms with Crippen LogP contribution in [0.15, 0.2) is 24.3 Å². The molecule has 1 rings (SSSR count). The van der Waals surface area contributed by atoms with Crippen LogP contribution in [0.2, 0.25) is 5.02 Å². The van der Waals surface area contributed by atoms with Crippen LogP contribution < -0.4 is 5.32 Å². The van der Waals surface area contributed by atoms with Crippen molar-refractivity contribution in [3.63, 3.8) is 0 Å². The van der Waals surface area contributed by atoms with Gasteiger partial charge in [0, 0.05) is 0 Å². The second-order valence-electron chi connectivity index (χ2n) is 2.19. The number of nitrogens with one attached hydrogen (secondary N) is 1. The molecule has 0 aliphatic carbocycles. The van der Waals surface area contributed by atoms with Crippen molar-refractivity contribution in [1.82, 2.24) is 5.32 Å².